The molecule has 0 fully saturated rings. The van der Waals surface area contributed by atoms with Crippen LogP contribution in [0.2, 0.25) is 0 Å². The molecular weight excluding hydrogens is 191 g/mol. The van der Waals surface area contributed by atoms with Crippen molar-refractivity contribution in [1.29, 1.82) is 0 Å². The fourth-order valence-electron chi connectivity index (χ4n) is 0.204. The summed E-state index contributed by atoms with van der Waals surface area (Å²) in [4.78, 5) is 0. The molecule has 0 saturated heterocycles. The monoisotopic (exact) mass is 202 g/mol. The van der Waals surface area contributed by atoms with Crippen molar-refractivity contribution in [1.82, 2.24) is 0 Å². The summed E-state index contributed by atoms with van der Waals surface area (Å²) in [7, 11) is 0. The van der Waals surface area contributed by atoms with Gasteiger partial charge in [0.1, 0.15) is 0 Å². The molecule has 0 unspecified atom stereocenters. The maximum absolute atomic E-state index is 4.83. The van der Waals surface area contributed by atoms with E-state index in [-0.39, 0.29) is 24.0 Å². The fraction of sp³-hybridized carbons (Fsp3) is 1.00. The van der Waals surface area contributed by atoms with E-state index in [1.165, 1.54) is 0 Å². The lowest BCUT2D eigenvalue weighted by molar-refractivity contribution is 0.162. The van der Waals surface area contributed by atoms with E-state index in [0.29, 0.717) is 0 Å². The van der Waals surface area contributed by atoms with E-state index < -0.39 is 0 Å². The second-order valence-corrected chi connectivity index (χ2v) is 0.781. The van der Waals surface area contributed by atoms with Crippen molar-refractivity contribution < 1.29 is 4.74 Å². The van der Waals surface area contributed by atoms with Gasteiger partial charge in [-0.15, -0.1) is 24.0 Å². The van der Waals surface area contributed by atoms with Crippen LogP contribution in [-0.4, -0.2) is 13.2 Å². The van der Waals surface area contributed by atoms with E-state index in [9.17, 15) is 0 Å². The first kappa shape index (κ1) is 9.85. The molecular formula is C4H11IO. The topological polar surface area (TPSA) is 9.23 Å². The standard InChI is InChI=1S/C4H10O.HI/c1-3-5-4-2;/h3-4H2,1-2H3;1H. The number of halogens is 1. The molecule has 0 aromatic carbocycles. The van der Waals surface area contributed by atoms with Crippen LogP contribution in [0.1, 0.15) is 13.8 Å². The Labute approximate surface area is 56.1 Å². The summed E-state index contributed by atoms with van der Waals surface area (Å²) in [6.45, 7) is 5.67. The predicted molar refractivity (Wildman–Crippen MR) is 37.6 cm³/mol. The van der Waals surface area contributed by atoms with Crippen LogP contribution in [0.4, 0.5) is 0 Å². The third-order valence-electron chi connectivity index (χ3n) is 0.408. The molecule has 2 heteroatoms. The molecule has 0 aliphatic rings. The molecule has 0 aromatic heterocycles. The maximum Gasteiger partial charge on any atom is 0.0437 e. The number of hydrogen-bond acceptors (Lipinski definition) is 1. The molecule has 0 atom stereocenters. The Balaban J connectivity index is 0. The lowest BCUT2D eigenvalue weighted by Gasteiger charge is -1.86. The normalized spacial score (nSPS) is 7.00. The van der Waals surface area contributed by atoms with Gasteiger partial charge in [-0.2, -0.15) is 0 Å². The Morgan fingerprint density at radius 1 is 1.17 bits per heavy atom. The quantitative estimate of drug-likeness (QED) is 0.618. The molecule has 0 aromatic rings. The van der Waals surface area contributed by atoms with Crippen molar-refractivity contribution in [2.75, 3.05) is 13.2 Å². The minimum Gasteiger partial charge on any atom is -0.382 e. The van der Waals surface area contributed by atoms with E-state index in [2.05, 4.69) is 0 Å². The van der Waals surface area contributed by atoms with Crippen molar-refractivity contribution in [3.63, 3.8) is 0 Å². The molecule has 0 heterocycles. The number of hydrogen-bond donors (Lipinski definition) is 0. The summed E-state index contributed by atoms with van der Waals surface area (Å²) in [6.07, 6.45) is 0. The van der Waals surface area contributed by atoms with E-state index in [4.69, 9.17) is 4.74 Å². The van der Waals surface area contributed by atoms with Gasteiger partial charge in [0.05, 0.1) is 0 Å². The first-order chi connectivity index (χ1) is 2.41. The summed E-state index contributed by atoms with van der Waals surface area (Å²) in [5.74, 6) is 0. The van der Waals surface area contributed by atoms with E-state index >= 15 is 0 Å². The SMILES string of the molecule is CCOCC.I. The van der Waals surface area contributed by atoms with Crippen molar-refractivity contribution in [3.05, 3.63) is 0 Å². The minimum atomic E-state index is 0. The van der Waals surface area contributed by atoms with Crippen LogP contribution in [-0.2, 0) is 4.74 Å². The van der Waals surface area contributed by atoms with Gasteiger partial charge in [-0.3, -0.25) is 0 Å². The molecule has 1 nitrogen and oxygen atoms in total. The van der Waals surface area contributed by atoms with Crippen LogP contribution < -0.4 is 0 Å². The highest BCUT2D eigenvalue weighted by Crippen LogP contribution is 1.64. The van der Waals surface area contributed by atoms with Gasteiger partial charge in [-0.1, -0.05) is 0 Å². The zero-order chi connectivity index (χ0) is 4.12. The summed E-state index contributed by atoms with van der Waals surface area (Å²) in [5, 5.41) is 0. The van der Waals surface area contributed by atoms with Crippen molar-refractivity contribution in [2.24, 2.45) is 0 Å². The zero-order valence-electron chi connectivity index (χ0n) is 4.23. The van der Waals surface area contributed by atoms with Crippen LogP contribution in [0.3, 0.4) is 0 Å². The molecule has 0 N–H and O–H groups in total. The average Bonchev–Trinajstić information content (AvgIpc) is 1.41. The Morgan fingerprint density at radius 2 is 1.50 bits per heavy atom. The van der Waals surface area contributed by atoms with Gasteiger partial charge in [0.15, 0.2) is 0 Å². The summed E-state index contributed by atoms with van der Waals surface area (Å²) >= 11 is 0. The highest BCUT2D eigenvalue weighted by Gasteiger charge is 1.64. The largest absolute Gasteiger partial charge is 0.382 e. The Morgan fingerprint density at radius 3 is 1.50 bits per heavy atom. The van der Waals surface area contributed by atoms with Gasteiger partial charge in [-0.25, -0.2) is 0 Å². The molecule has 0 saturated carbocycles. The van der Waals surface area contributed by atoms with Gasteiger partial charge in [0, 0.05) is 13.2 Å². The smallest absolute Gasteiger partial charge is 0.0437 e. The summed E-state index contributed by atoms with van der Waals surface area (Å²) < 4.78 is 4.83. The van der Waals surface area contributed by atoms with Gasteiger partial charge in [-0.05, 0) is 13.8 Å². The number of rotatable bonds is 2. The van der Waals surface area contributed by atoms with Gasteiger partial charge in [0.25, 0.3) is 0 Å². The molecule has 6 heavy (non-hydrogen) atoms. The average molecular weight is 202 g/mol. The second-order valence-electron chi connectivity index (χ2n) is 0.781. The summed E-state index contributed by atoms with van der Waals surface area (Å²) in [5.41, 5.74) is 0. The van der Waals surface area contributed by atoms with Crippen molar-refractivity contribution >= 4 is 24.0 Å². The van der Waals surface area contributed by atoms with Crippen LogP contribution in [0.5, 0.6) is 0 Å². The third kappa shape index (κ3) is 8.83. The Hall–Kier alpha value is 0.690. The first-order valence-corrected chi connectivity index (χ1v) is 1.99. The fourth-order valence-corrected chi connectivity index (χ4v) is 0.204. The summed E-state index contributed by atoms with van der Waals surface area (Å²) in [6, 6.07) is 0. The van der Waals surface area contributed by atoms with Gasteiger partial charge in [0.2, 0.25) is 0 Å². The maximum atomic E-state index is 4.83. The molecule has 40 valence electrons. The van der Waals surface area contributed by atoms with Gasteiger partial charge < -0.3 is 4.74 Å². The van der Waals surface area contributed by atoms with Crippen LogP contribution >= 0.6 is 24.0 Å². The molecule has 0 bridgehead atoms. The van der Waals surface area contributed by atoms with Crippen LogP contribution in [0.25, 0.3) is 0 Å². The van der Waals surface area contributed by atoms with E-state index in [0.717, 1.165) is 13.2 Å². The third-order valence-corrected chi connectivity index (χ3v) is 0.408. The molecule has 0 aliphatic heterocycles. The highest BCUT2D eigenvalue weighted by atomic mass is 127. The number of ether oxygens (including phenoxy) is 1. The zero-order valence-corrected chi connectivity index (χ0v) is 6.56. The molecule has 0 radical (unpaired) electrons. The molecule has 0 aliphatic carbocycles. The van der Waals surface area contributed by atoms with Crippen molar-refractivity contribution in [2.45, 2.75) is 13.8 Å². The van der Waals surface area contributed by atoms with E-state index in [1.54, 1.807) is 0 Å². The second kappa shape index (κ2) is 9.19. The predicted octanol–water partition coefficient (Wildman–Crippen LogP) is 1.66. The molecule has 0 rings (SSSR count). The molecule has 0 amide bonds. The molecule has 0 spiro atoms. The lowest BCUT2D eigenvalue weighted by atomic mass is 10.8. The van der Waals surface area contributed by atoms with E-state index in [1.807, 2.05) is 13.8 Å². The highest BCUT2D eigenvalue weighted by molar-refractivity contribution is 14.0. The Bertz CT molecular complexity index is 15.0. The van der Waals surface area contributed by atoms with Crippen LogP contribution in [0, 0.1) is 0 Å². The van der Waals surface area contributed by atoms with Crippen molar-refractivity contribution in [3.8, 4) is 0 Å². The van der Waals surface area contributed by atoms with Gasteiger partial charge >= 0.3 is 0 Å². The minimum absolute atomic E-state index is 0. The lowest BCUT2D eigenvalue weighted by Crippen LogP contribution is -1.84. The Kier molecular flexibility index (Phi) is 15.1. The van der Waals surface area contributed by atoms with Crippen LogP contribution in [0.15, 0.2) is 0 Å². The first-order valence-electron chi connectivity index (χ1n) is 1.99.